The van der Waals surface area contributed by atoms with Gasteiger partial charge in [0.15, 0.2) is 0 Å². The predicted molar refractivity (Wildman–Crippen MR) is 59.9 cm³/mol. The minimum atomic E-state index is 0.609. The summed E-state index contributed by atoms with van der Waals surface area (Å²) in [6.07, 6.45) is 0. The molecule has 0 aliphatic carbocycles. The van der Waals surface area contributed by atoms with E-state index in [1.807, 2.05) is 19.2 Å². The van der Waals surface area contributed by atoms with Crippen LogP contribution in [-0.2, 0) is 6.54 Å². The second kappa shape index (κ2) is 5.69. The molecule has 0 aliphatic rings. The molecule has 0 saturated carbocycles. The highest BCUT2D eigenvalue weighted by Crippen LogP contribution is 2.02. The Morgan fingerprint density at radius 2 is 2.00 bits per heavy atom. The van der Waals surface area contributed by atoms with E-state index in [1.165, 1.54) is 5.56 Å². The van der Waals surface area contributed by atoms with Crippen molar-refractivity contribution in [1.29, 1.82) is 0 Å². The highest BCUT2D eigenvalue weighted by atomic mass is 32.1. The Labute approximate surface area is 85.0 Å². The molecular weight excluding hydrogens is 178 g/mol. The van der Waals surface area contributed by atoms with Crippen LogP contribution in [0.25, 0.3) is 0 Å². The molecule has 0 spiro atoms. The van der Waals surface area contributed by atoms with Gasteiger partial charge in [0.2, 0.25) is 0 Å². The summed E-state index contributed by atoms with van der Waals surface area (Å²) in [6.45, 7) is 0.903. The molecule has 1 N–H and O–H groups in total. The van der Waals surface area contributed by atoms with Crippen LogP contribution in [0.2, 0.25) is 0 Å². The molecule has 0 aromatic heterocycles. The Morgan fingerprint density at radius 1 is 1.31 bits per heavy atom. The van der Waals surface area contributed by atoms with Crippen molar-refractivity contribution in [3.63, 3.8) is 0 Å². The third-order valence-electron chi connectivity index (χ3n) is 1.65. The predicted octanol–water partition coefficient (Wildman–Crippen LogP) is 1.69. The number of nitrogens with one attached hydrogen (secondary N) is 1. The van der Waals surface area contributed by atoms with Gasteiger partial charge in [0, 0.05) is 12.1 Å². The number of hydrogen-bond acceptors (Lipinski definition) is 2. The Hall–Kier alpha value is -0.910. The zero-order valence-corrected chi connectivity index (χ0v) is 8.57. The number of rotatable bonds is 2. The van der Waals surface area contributed by atoms with Gasteiger partial charge in [0.25, 0.3) is 0 Å². The van der Waals surface area contributed by atoms with Crippen LogP contribution in [0, 0.1) is 11.8 Å². The van der Waals surface area contributed by atoms with Crippen LogP contribution in [-0.4, -0.2) is 12.8 Å². The van der Waals surface area contributed by atoms with Gasteiger partial charge in [0.1, 0.15) is 0 Å². The number of hydrogen-bond donors (Lipinski definition) is 2. The zero-order chi connectivity index (χ0) is 9.52. The highest BCUT2D eigenvalue weighted by Gasteiger charge is 1.89. The summed E-state index contributed by atoms with van der Waals surface area (Å²) in [5.74, 6) is 6.54. The molecule has 1 nitrogen and oxygen atoms in total. The largest absolute Gasteiger partial charge is 0.316 e. The Bertz CT molecular complexity index is 305. The lowest BCUT2D eigenvalue weighted by molar-refractivity contribution is 0.818. The fraction of sp³-hybridized carbons (Fsp3) is 0.273. The van der Waals surface area contributed by atoms with E-state index in [2.05, 4.69) is 41.9 Å². The van der Waals surface area contributed by atoms with Crippen LogP contribution in [0.3, 0.4) is 0 Å². The fourth-order valence-electron chi connectivity index (χ4n) is 1.05. The minimum absolute atomic E-state index is 0.609. The summed E-state index contributed by atoms with van der Waals surface area (Å²) < 4.78 is 0. The third kappa shape index (κ3) is 3.54. The Morgan fingerprint density at radius 3 is 2.54 bits per heavy atom. The van der Waals surface area contributed by atoms with Crippen molar-refractivity contribution in [3.8, 4) is 11.8 Å². The highest BCUT2D eigenvalue weighted by molar-refractivity contribution is 7.80. The van der Waals surface area contributed by atoms with Gasteiger partial charge >= 0.3 is 0 Å². The Balaban J connectivity index is 2.69. The summed E-state index contributed by atoms with van der Waals surface area (Å²) in [4.78, 5) is 0. The molecule has 0 aliphatic heterocycles. The summed E-state index contributed by atoms with van der Waals surface area (Å²) >= 11 is 4.02. The van der Waals surface area contributed by atoms with Crippen molar-refractivity contribution < 1.29 is 0 Å². The van der Waals surface area contributed by atoms with Crippen LogP contribution in [0.5, 0.6) is 0 Å². The van der Waals surface area contributed by atoms with E-state index in [4.69, 9.17) is 0 Å². The number of thiol groups is 1. The molecule has 1 aromatic rings. The molecule has 1 rings (SSSR count). The van der Waals surface area contributed by atoms with Crippen LogP contribution in [0.1, 0.15) is 11.1 Å². The molecule has 0 heterocycles. The van der Waals surface area contributed by atoms with Crippen LogP contribution >= 0.6 is 12.6 Å². The van der Waals surface area contributed by atoms with E-state index >= 15 is 0 Å². The molecule has 68 valence electrons. The quantitative estimate of drug-likeness (QED) is 0.535. The normalized spacial score (nSPS) is 9.08. The maximum Gasteiger partial charge on any atom is 0.0521 e. The molecule has 0 amide bonds. The summed E-state index contributed by atoms with van der Waals surface area (Å²) in [7, 11) is 1.94. The molecule has 0 atom stereocenters. The van der Waals surface area contributed by atoms with E-state index < -0.39 is 0 Å². The van der Waals surface area contributed by atoms with Gasteiger partial charge in [-0.2, -0.15) is 12.6 Å². The topological polar surface area (TPSA) is 12.0 Å². The van der Waals surface area contributed by atoms with Crippen molar-refractivity contribution in [2.75, 3.05) is 12.8 Å². The zero-order valence-electron chi connectivity index (χ0n) is 7.67. The average molecular weight is 191 g/mol. The van der Waals surface area contributed by atoms with Crippen LogP contribution in [0.4, 0.5) is 0 Å². The van der Waals surface area contributed by atoms with Gasteiger partial charge in [-0.1, -0.05) is 24.0 Å². The lowest BCUT2D eigenvalue weighted by Crippen LogP contribution is -2.04. The minimum Gasteiger partial charge on any atom is -0.316 e. The molecule has 0 unspecified atom stereocenters. The standard InChI is InChI=1S/C11H13NS/c1-12-9-11-6-4-10(5-7-11)3-2-8-13/h4-7,12-13H,8-9H2,1H3. The monoisotopic (exact) mass is 191 g/mol. The van der Waals surface area contributed by atoms with E-state index in [9.17, 15) is 0 Å². The first-order valence-electron chi connectivity index (χ1n) is 4.20. The van der Waals surface area contributed by atoms with Gasteiger partial charge in [-0.25, -0.2) is 0 Å². The van der Waals surface area contributed by atoms with Crippen molar-refractivity contribution >= 4 is 12.6 Å². The first kappa shape index (κ1) is 10.2. The van der Waals surface area contributed by atoms with E-state index in [1.54, 1.807) is 0 Å². The van der Waals surface area contributed by atoms with Crippen molar-refractivity contribution in [2.24, 2.45) is 0 Å². The lowest BCUT2D eigenvalue weighted by atomic mass is 10.1. The summed E-state index contributed by atoms with van der Waals surface area (Å²) in [6, 6.07) is 8.23. The van der Waals surface area contributed by atoms with Gasteiger partial charge in [-0.3, -0.25) is 0 Å². The molecular formula is C11H13NS. The van der Waals surface area contributed by atoms with Crippen molar-refractivity contribution in [3.05, 3.63) is 35.4 Å². The van der Waals surface area contributed by atoms with E-state index in [0.717, 1.165) is 12.1 Å². The molecule has 1 aromatic carbocycles. The maximum absolute atomic E-state index is 4.02. The van der Waals surface area contributed by atoms with Gasteiger partial charge in [-0.15, -0.1) is 0 Å². The second-order valence-corrected chi connectivity index (χ2v) is 3.00. The fourth-order valence-corrected chi connectivity index (χ4v) is 1.13. The molecule has 0 bridgehead atoms. The van der Waals surface area contributed by atoms with E-state index in [0.29, 0.717) is 5.75 Å². The molecule has 2 heteroatoms. The Kier molecular flexibility index (Phi) is 4.45. The first-order chi connectivity index (χ1) is 6.36. The van der Waals surface area contributed by atoms with Crippen molar-refractivity contribution in [1.82, 2.24) is 5.32 Å². The third-order valence-corrected chi connectivity index (χ3v) is 1.80. The van der Waals surface area contributed by atoms with Crippen molar-refractivity contribution in [2.45, 2.75) is 6.54 Å². The maximum atomic E-state index is 4.02. The number of benzene rings is 1. The second-order valence-electron chi connectivity index (χ2n) is 2.69. The first-order valence-corrected chi connectivity index (χ1v) is 4.83. The molecule has 13 heavy (non-hydrogen) atoms. The van der Waals surface area contributed by atoms with Gasteiger partial charge in [0.05, 0.1) is 5.75 Å². The average Bonchev–Trinajstić information content (AvgIpc) is 2.17. The molecule has 0 radical (unpaired) electrons. The smallest absolute Gasteiger partial charge is 0.0521 e. The SMILES string of the molecule is CNCc1ccc(C#CCS)cc1. The van der Waals surface area contributed by atoms with E-state index in [-0.39, 0.29) is 0 Å². The van der Waals surface area contributed by atoms with Gasteiger partial charge < -0.3 is 5.32 Å². The molecule has 0 saturated heterocycles. The van der Waals surface area contributed by atoms with Crippen LogP contribution in [0.15, 0.2) is 24.3 Å². The summed E-state index contributed by atoms with van der Waals surface area (Å²) in [5.41, 5.74) is 2.33. The molecule has 0 fully saturated rings. The summed E-state index contributed by atoms with van der Waals surface area (Å²) in [5, 5.41) is 3.10. The lowest BCUT2D eigenvalue weighted by Gasteiger charge is -1.98. The van der Waals surface area contributed by atoms with Gasteiger partial charge in [-0.05, 0) is 24.7 Å². The van der Waals surface area contributed by atoms with Crippen LogP contribution < -0.4 is 5.32 Å².